The van der Waals surface area contributed by atoms with E-state index in [0.29, 0.717) is 10.9 Å². The summed E-state index contributed by atoms with van der Waals surface area (Å²) in [7, 11) is 0. The van der Waals surface area contributed by atoms with Gasteiger partial charge >= 0.3 is 0 Å². The van der Waals surface area contributed by atoms with Gasteiger partial charge in [0, 0.05) is 4.47 Å². The first-order valence-electron chi connectivity index (χ1n) is 5.32. The largest absolute Gasteiger partial charge is 0.290 e. The fourth-order valence-electron chi connectivity index (χ4n) is 1.89. The molecule has 90 valence electrons. The average Bonchev–Trinajstić information content (AvgIpc) is 2.68. The number of H-pyrrole nitrogens is 1. The highest BCUT2D eigenvalue weighted by Crippen LogP contribution is 2.17. The van der Waals surface area contributed by atoms with Gasteiger partial charge < -0.3 is 0 Å². The van der Waals surface area contributed by atoms with E-state index in [2.05, 4.69) is 21.0 Å². The average molecular weight is 307 g/mol. The van der Waals surface area contributed by atoms with Crippen LogP contribution in [0.3, 0.4) is 0 Å². The smallest absolute Gasteiger partial charge is 0.279 e. The monoisotopic (exact) mass is 306 g/mol. The van der Waals surface area contributed by atoms with Crippen molar-refractivity contribution in [2.75, 3.05) is 0 Å². The maximum absolute atomic E-state index is 13.7. The van der Waals surface area contributed by atoms with Gasteiger partial charge in [-0.05, 0) is 30.3 Å². The Balaban J connectivity index is 2.35. The van der Waals surface area contributed by atoms with Gasteiger partial charge in [-0.15, -0.1) is 0 Å². The molecule has 0 aliphatic rings. The minimum absolute atomic E-state index is 0.217. The molecule has 0 bridgehead atoms. The van der Waals surface area contributed by atoms with Crippen molar-refractivity contribution >= 4 is 26.8 Å². The Morgan fingerprint density at radius 2 is 1.94 bits per heavy atom. The second-order valence-electron chi connectivity index (χ2n) is 3.89. The highest BCUT2D eigenvalue weighted by molar-refractivity contribution is 9.10. The van der Waals surface area contributed by atoms with Crippen LogP contribution in [0.4, 0.5) is 4.39 Å². The number of rotatable bonds is 1. The molecule has 3 aromatic rings. The number of benzene rings is 2. The number of nitrogens with zero attached hydrogens (tertiary/aromatic N) is 1. The quantitative estimate of drug-likeness (QED) is 0.736. The molecular formula is C13H8BrFN2O. The normalized spacial score (nSPS) is 11.0. The fourth-order valence-corrected chi connectivity index (χ4v) is 2.25. The molecule has 0 aliphatic carbocycles. The molecule has 0 amide bonds. The zero-order chi connectivity index (χ0) is 12.7. The summed E-state index contributed by atoms with van der Waals surface area (Å²) in [6, 6.07) is 11.5. The van der Waals surface area contributed by atoms with Crippen LogP contribution in [0.5, 0.6) is 0 Å². The third-order valence-electron chi connectivity index (χ3n) is 2.74. The van der Waals surface area contributed by atoms with Crippen molar-refractivity contribution in [1.29, 1.82) is 0 Å². The Bertz CT molecular complexity index is 791. The number of nitrogens with one attached hydrogen (secondary N) is 1. The minimum atomic E-state index is -0.440. The second kappa shape index (κ2) is 4.10. The van der Waals surface area contributed by atoms with Crippen molar-refractivity contribution in [3.63, 3.8) is 0 Å². The molecule has 2 aromatic carbocycles. The fraction of sp³-hybridized carbons (Fsp3) is 0. The topological polar surface area (TPSA) is 37.8 Å². The maximum atomic E-state index is 13.7. The molecule has 0 fully saturated rings. The molecule has 0 radical (unpaired) electrons. The summed E-state index contributed by atoms with van der Waals surface area (Å²) >= 11 is 3.31. The molecule has 1 aromatic heterocycles. The molecule has 0 saturated heterocycles. The van der Waals surface area contributed by atoms with Crippen LogP contribution in [0.25, 0.3) is 16.6 Å². The number of halogens is 2. The summed E-state index contributed by atoms with van der Waals surface area (Å²) in [6.07, 6.45) is 0. The van der Waals surface area contributed by atoms with Gasteiger partial charge in [-0.2, -0.15) is 0 Å². The van der Waals surface area contributed by atoms with Crippen LogP contribution in [-0.2, 0) is 0 Å². The Morgan fingerprint density at radius 3 is 2.72 bits per heavy atom. The zero-order valence-electron chi connectivity index (χ0n) is 9.15. The number of para-hydroxylation sites is 1. The number of hydrogen-bond acceptors (Lipinski definition) is 1. The highest BCUT2D eigenvalue weighted by Gasteiger charge is 2.11. The lowest BCUT2D eigenvalue weighted by Crippen LogP contribution is -2.15. The van der Waals surface area contributed by atoms with Crippen molar-refractivity contribution in [2.24, 2.45) is 0 Å². The third-order valence-corrected chi connectivity index (χ3v) is 3.23. The first-order valence-corrected chi connectivity index (χ1v) is 6.11. The molecule has 3 nitrogen and oxygen atoms in total. The third kappa shape index (κ3) is 1.67. The van der Waals surface area contributed by atoms with Crippen LogP contribution >= 0.6 is 15.9 Å². The van der Waals surface area contributed by atoms with Crippen molar-refractivity contribution in [3.05, 3.63) is 63.1 Å². The van der Waals surface area contributed by atoms with E-state index in [9.17, 15) is 9.18 Å². The van der Waals surface area contributed by atoms with Gasteiger partial charge in [-0.1, -0.05) is 28.1 Å². The Labute approximate surface area is 110 Å². The van der Waals surface area contributed by atoms with Gasteiger partial charge in [0.15, 0.2) is 0 Å². The summed E-state index contributed by atoms with van der Waals surface area (Å²) in [4.78, 5) is 12.2. The van der Waals surface area contributed by atoms with Crippen LogP contribution in [0.1, 0.15) is 0 Å². The molecule has 0 unspecified atom stereocenters. The first-order chi connectivity index (χ1) is 8.66. The van der Waals surface area contributed by atoms with Crippen LogP contribution in [0.2, 0.25) is 0 Å². The van der Waals surface area contributed by atoms with Gasteiger partial charge in [-0.3, -0.25) is 9.89 Å². The lowest BCUT2D eigenvalue weighted by Gasteiger charge is -2.01. The summed E-state index contributed by atoms with van der Waals surface area (Å²) in [5.41, 5.74) is 0.623. The predicted molar refractivity (Wildman–Crippen MR) is 71.6 cm³/mol. The van der Waals surface area contributed by atoms with Crippen molar-refractivity contribution in [3.8, 4) is 5.69 Å². The summed E-state index contributed by atoms with van der Waals surface area (Å²) < 4.78 is 15.7. The minimum Gasteiger partial charge on any atom is -0.290 e. The molecule has 18 heavy (non-hydrogen) atoms. The number of aromatic amines is 1. The van der Waals surface area contributed by atoms with E-state index in [0.717, 1.165) is 4.47 Å². The molecular weight excluding hydrogens is 299 g/mol. The van der Waals surface area contributed by atoms with E-state index in [1.807, 2.05) is 6.07 Å². The van der Waals surface area contributed by atoms with Crippen molar-refractivity contribution in [1.82, 2.24) is 9.78 Å². The second-order valence-corrected chi connectivity index (χ2v) is 4.81. The highest BCUT2D eigenvalue weighted by atomic mass is 79.9. The molecule has 0 saturated carbocycles. The van der Waals surface area contributed by atoms with Gasteiger partial charge in [0.25, 0.3) is 5.56 Å². The van der Waals surface area contributed by atoms with Crippen LogP contribution in [0.15, 0.2) is 51.7 Å². The van der Waals surface area contributed by atoms with Crippen molar-refractivity contribution < 1.29 is 4.39 Å². The molecule has 1 heterocycles. The van der Waals surface area contributed by atoms with Crippen LogP contribution in [0, 0.1) is 5.82 Å². The predicted octanol–water partition coefficient (Wildman–Crippen LogP) is 3.22. The SMILES string of the molecule is O=c1c2cc(Br)ccc2[nH]n1-c1ccccc1F. The lowest BCUT2D eigenvalue weighted by atomic mass is 10.2. The van der Waals surface area contributed by atoms with E-state index in [-0.39, 0.29) is 11.2 Å². The summed E-state index contributed by atoms with van der Waals surface area (Å²) in [6.45, 7) is 0. The van der Waals surface area contributed by atoms with E-state index >= 15 is 0 Å². The summed E-state index contributed by atoms with van der Waals surface area (Å²) in [5, 5.41) is 3.41. The number of fused-ring (bicyclic) bond motifs is 1. The molecule has 1 N–H and O–H groups in total. The van der Waals surface area contributed by atoms with E-state index in [1.54, 1.807) is 30.3 Å². The standard InChI is InChI=1S/C13H8BrFN2O/c14-8-5-6-11-9(7-8)13(18)17(16-11)12-4-2-1-3-10(12)15/h1-7,16H. The zero-order valence-corrected chi connectivity index (χ0v) is 10.7. The van der Waals surface area contributed by atoms with E-state index in [4.69, 9.17) is 0 Å². The number of aromatic nitrogens is 2. The van der Waals surface area contributed by atoms with Crippen LogP contribution < -0.4 is 5.56 Å². The van der Waals surface area contributed by atoms with E-state index in [1.165, 1.54) is 10.7 Å². The summed E-state index contributed by atoms with van der Waals surface area (Å²) in [5.74, 6) is -0.440. The first kappa shape index (κ1) is 11.2. The molecule has 5 heteroatoms. The Hall–Kier alpha value is -1.88. The number of hydrogen-bond donors (Lipinski definition) is 1. The molecule has 3 rings (SSSR count). The molecule has 0 aliphatic heterocycles. The lowest BCUT2D eigenvalue weighted by molar-refractivity contribution is 0.609. The Kier molecular flexibility index (Phi) is 2.56. The van der Waals surface area contributed by atoms with Crippen LogP contribution in [-0.4, -0.2) is 9.78 Å². The van der Waals surface area contributed by atoms with Gasteiger partial charge in [-0.25, -0.2) is 9.07 Å². The van der Waals surface area contributed by atoms with E-state index < -0.39 is 5.82 Å². The Morgan fingerprint density at radius 1 is 1.17 bits per heavy atom. The van der Waals surface area contributed by atoms with Crippen molar-refractivity contribution in [2.45, 2.75) is 0 Å². The molecule has 0 spiro atoms. The van der Waals surface area contributed by atoms with Gasteiger partial charge in [0.2, 0.25) is 0 Å². The van der Waals surface area contributed by atoms with Gasteiger partial charge in [0.05, 0.1) is 10.9 Å². The molecule has 0 atom stereocenters. The van der Waals surface area contributed by atoms with Gasteiger partial charge in [0.1, 0.15) is 11.5 Å². The maximum Gasteiger partial charge on any atom is 0.279 e.